The third-order valence-electron chi connectivity index (χ3n) is 12.6. The SMILES string of the molecule is c1ccc(N(c2ccc3ccccc3c2)c2cccc3c2-c2ccccc2C32c3ccccc3-c3c2cc2ccccc2c3N(c2ccccc2)c2ccccc2)cc1. The number of hydrogen-bond donors (Lipinski definition) is 0. The maximum Gasteiger partial charge on any atom is 0.0727 e. The van der Waals surface area contributed by atoms with Crippen molar-refractivity contribution in [2.75, 3.05) is 9.80 Å². The highest BCUT2D eigenvalue weighted by Gasteiger charge is 2.53. The number of nitrogens with zero attached hydrogens (tertiary/aromatic N) is 2. The zero-order valence-corrected chi connectivity index (χ0v) is 32.3. The summed E-state index contributed by atoms with van der Waals surface area (Å²) in [6.45, 7) is 0. The first-order valence-electron chi connectivity index (χ1n) is 20.4. The molecule has 10 aromatic rings. The van der Waals surface area contributed by atoms with Gasteiger partial charge in [-0.25, -0.2) is 0 Å². The van der Waals surface area contributed by atoms with E-state index in [2.05, 4.69) is 240 Å². The monoisotopic (exact) mass is 750 g/mol. The van der Waals surface area contributed by atoms with E-state index in [0.29, 0.717) is 0 Å². The molecule has 0 radical (unpaired) electrons. The zero-order chi connectivity index (χ0) is 38.9. The minimum absolute atomic E-state index is 0.572. The number of anilines is 6. The lowest BCUT2D eigenvalue weighted by atomic mass is 9.70. The van der Waals surface area contributed by atoms with Gasteiger partial charge in [-0.05, 0) is 110 Å². The van der Waals surface area contributed by atoms with Crippen LogP contribution >= 0.6 is 0 Å². The molecule has 276 valence electrons. The maximum atomic E-state index is 2.50. The summed E-state index contributed by atoms with van der Waals surface area (Å²) in [5.41, 5.74) is 16.6. The Bertz CT molecular complexity index is 3190. The smallest absolute Gasteiger partial charge is 0.0727 e. The molecule has 1 unspecified atom stereocenters. The first-order valence-corrected chi connectivity index (χ1v) is 20.4. The molecule has 10 aromatic carbocycles. The zero-order valence-electron chi connectivity index (χ0n) is 32.3. The molecule has 12 rings (SSSR count). The average molecular weight is 751 g/mol. The normalized spacial score (nSPS) is 14.5. The van der Waals surface area contributed by atoms with Crippen LogP contribution in [0.5, 0.6) is 0 Å². The van der Waals surface area contributed by atoms with Crippen LogP contribution in [0, 0.1) is 0 Å². The molecule has 0 amide bonds. The molecular formula is C57H38N2. The fourth-order valence-electron chi connectivity index (χ4n) is 10.3. The first kappa shape index (κ1) is 33.5. The number of hydrogen-bond acceptors (Lipinski definition) is 2. The molecule has 1 atom stereocenters. The third-order valence-corrected chi connectivity index (χ3v) is 12.6. The average Bonchev–Trinajstić information content (AvgIpc) is 3.78. The van der Waals surface area contributed by atoms with Crippen molar-refractivity contribution in [1.82, 2.24) is 0 Å². The van der Waals surface area contributed by atoms with Crippen molar-refractivity contribution >= 4 is 55.7 Å². The minimum Gasteiger partial charge on any atom is -0.310 e. The van der Waals surface area contributed by atoms with Crippen LogP contribution in [0.1, 0.15) is 22.3 Å². The highest BCUT2D eigenvalue weighted by molar-refractivity contribution is 6.12. The van der Waals surface area contributed by atoms with E-state index in [-0.39, 0.29) is 0 Å². The van der Waals surface area contributed by atoms with Crippen LogP contribution in [-0.4, -0.2) is 0 Å². The van der Waals surface area contributed by atoms with Crippen LogP contribution < -0.4 is 9.80 Å². The first-order chi connectivity index (χ1) is 29.3. The molecule has 0 heterocycles. The summed E-state index contributed by atoms with van der Waals surface area (Å²) in [5.74, 6) is 0. The summed E-state index contributed by atoms with van der Waals surface area (Å²) in [5, 5.41) is 4.89. The van der Waals surface area contributed by atoms with E-state index in [9.17, 15) is 0 Å². The van der Waals surface area contributed by atoms with Crippen molar-refractivity contribution < 1.29 is 0 Å². The van der Waals surface area contributed by atoms with Crippen molar-refractivity contribution in [1.29, 1.82) is 0 Å². The second kappa shape index (κ2) is 13.2. The van der Waals surface area contributed by atoms with Gasteiger partial charge < -0.3 is 9.80 Å². The van der Waals surface area contributed by atoms with Gasteiger partial charge >= 0.3 is 0 Å². The van der Waals surface area contributed by atoms with E-state index < -0.39 is 5.41 Å². The Morgan fingerprint density at radius 3 is 1.46 bits per heavy atom. The Morgan fingerprint density at radius 2 is 0.797 bits per heavy atom. The number of rotatable bonds is 6. The summed E-state index contributed by atoms with van der Waals surface area (Å²) in [6.07, 6.45) is 0. The van der Waals surface area contributed by atoms with E-state index >= 15 is 0 Å². The molecule has 0 fully saturated rings. The van der Waals surface area contributed by atoms with Gasteiger partial charge in [-0.2, -0.15) is 0 Å². The molecule has 1 spiro atoms. The van der Waals surface area contributed by atoms with Crippen molar-refractivity contribution in [2.45, 2.75) is 5.41 Å². The van der Waals surface area contributed by atoms with Gasteiger partial charge in [0.15, 0.2) is 0 Å². The number of para-hydroxylation sites is 3. The molecule has 0 bridgehead atoms. The lowest BCUT2D eigenvalue weighted by Gasteiger charge is -2.33. The standard InChI is InChI=1S/C57H38N2/c1-4-22-42(23-5-1)58(45-36-35-39-19-10-11-20-40(39)37-45)53-34-18-33-51-54(53)47-29-14-16-31-49(47)57(51)50-32-17-15-30-48(50)55-52(57)38-41-21-12-13-28-46(41)56(55)59(43-24-6-2-7-25-43)44-26-8-3-9-27-44/h1-38H. The lowest BCUT2D eigenvalue weighted by molar-refractivity contribution is 0.795. The fourth-order valence-corrected chi connectivity index (χ4v) is 10.3. The summed E-state index contributed by atoms with van der Waals surface area (Å²) >= 11 is 0. The van der Waals surface area contributed by atoms with Crippen LogP contribution in [0.3, 0.4) is 0 Å². The van der Waals surface area contributed by atoms with Crippen molar-refractivity contribution in [3.8, 4) is 22.3 Å². The predicted octanol–water partition coefficient (Wildman–Crippen LogP) is 15.3. The van der Waals surface area contributed by atoms with Gasteiger partial charge in [-0.3, -0.25) is 0 Å². The van der Waals surface area contributed by atoms with Crippen LogP contribution in [0.2, 0.25) is 0 Å². The molecule has 59 heavy (non-hydrogen) atoms. The summed E-state index contributed by atoms with van der Waals surface area (Å²) < 4.78 is 0. The molecule has 2 aliphatic rings. The van der Waals surface area contributed by atoms with Gasteiger partial charge in [-0.1, -0.05) is 170 Å². The van der Waals surface area contributed by atoms with E-state index in [1.54, 1.807) is 0 Å². The summed E-state index contributed by atoms with van der Waals surface area (Å²) in [7, 11) is 0. The number of benzene rings is 10. The molecule has 0 aliphatic heterocycles. The maximum absolute atomic E-state index is 2.50. The largest absolute Gasteiger partial charge is 0.310 e. The quantitative estimate of drug-likeness (QED) is 0.167. The van der Waals surface area contributed by atoms with E-state index in [0.717, 1.165) is 28.4 Å². The van der Waals surface area contributed by atoms with Gasteiger partial charge in [-0.15, -0.1) is 0 Å². The molecule has 0 aromatic heterocycles. The minimum atomic E-state index is -0.572. The molecule has 0 N–H and O–H groups in total. The molecule has 0 saturated carbocycles. The Labute approximate surface area is 344 Å². The van der Waals surface area contributed by atoms with Gasteiger partial charge in [0.25, 0.3) is 0 Å². The molecule has 2 nitrogen and oxygen atoms in total. The highest BCUT2D eigenvalue weighted by Crippen LogP contribution is 2.67. The van der Waals surface area contributed by atoms with Crippen LogP contribution in [0.15, 0.2) is 231 Å². The summed E-state index contributed by atoms with van der Waals surface area (Å²) in [6, 6.07) is 84.8. The second-order valence-corrected chi connectivity index (χ2v) is 15.6. The second-order valence-electron chi connectivity index (χ2n) is 15.6. The lowest BCUT2D eigenvalue weighted by Crippen LogP contribution is -2.26. The molecule has 2 aliphatic carbocycles. The van der Waals surface area contributed by atoms with Crippen LogP contribution in [-0.2, 0) is 5.41 Å². The van der Waals surface area contributed by atoms with E-state index in [1.165, 1.54) is 71.7 Å². The predicted molar refractivity (Wildman–Crippen MR) is 247 cm³/mol. The van der Waals surface area contributed by atoms with Gasteiger partial charge in [0, 0.05) is 39.3 Å². The van der Waals surface area contributed by atoms with Crippen molar-refractivity contribution in [2.24, 2.45) is 0 Å². The van der Waals surface area contributed by atoms with Gasteiger partial charge in [0.05, 0.1) is 16.8 Å². The van der Waals surface area contributed by atoms with Crippen molar-refractivity contribution in [3.05, 3.63) is 253 Å². The third kappa shape index (κ3) is 4.87. The Kier molecular flexibility index (Phi) is 7.48. The topological polar surface area (TPSA) is 6.48 Å². The van der Waals surface area contributed by atoms with Gasteiger partial charge in [0.2, 0.25) is 0 Å². The van der Waals surface area contributed by atoms with E-state index in [4.69, 9.17) is 0 Å². The van der Waals surface area contributed by atoms with Crippen LogP contribution in [0.4, 0.5) is 34.1 Å². The molecule has 2 heteroatoms. The van der Waals surface area contributed by atoms with Crippen molar-refractivity contribution in [3.63, 3.8) is 0 Å². The molecule has 0 saturated heterocycles. The number of fused-ring (bicyclic) bond motifs is 12. The Balaban J connectivity index is 1.20. The Hall–Kier alpha value is -7.68. The van der Waals surface area contributed by atoms with Gasteiger partial charge in [0.1, 0.15) is 0 Å². The fraction of sp³-hybridized carbons (Fsp3) is 0.0175. The van der Waals surface area contributed by atoms with E-state index in [1.807, 2.05) is 0 Å². The summed E-state index contributed by atoms with van der Waals surface area (Å²) in [4.78, 5) is 4.94. The Morgan fingerprint density at radius 1 is 0.288 bits per heavy atom. The highest BCUT2D eigenvalue weighted by atomic mass is 15.2. The van der Waals surface area contributed by atoms with Crippen LogP contribution in [0.25, 0.3) is 43.8 Å². The molecular weight excluding hydrogens is 713 g/mol.